The summed E-state index contributed by atoms with van der Waals surface area (Å²) in [5.41, 5.74) is 0.185. The Morgan fingerprint density at radius 3 is 2.50 bits per heavy atom. The molecule has 0 fully saturated rings. The lowest BCUT2D eigenvalue weighted by Gasteiger charge is -2.18. The van der Waals surface area contributed by atoms with Crippen LogP contribution in [0.2, 0.25) is 0 Å². The van der Waals surface area contributed by atoms with Gasteiger partial charge in [0.25, 0.3) is 0 Å². The van der Waals surface area contributed by atoms with Crippen LogP contribution in [0.4, 0.5) is 0 Å². The number of rotatable bonds is 4. The highest BCUT2D eigenvalue weighted by Crippen LogP contribution is 2.21. The second-order valence-corrected chi connectivity index (χ2v) is 4.56. The molecule has 0 atom stereocenters. The summed E-state index contributed by atoms with van der Waals surface area (Å²) in [5, 5.41) is 0. The maximum Gasteiger partial charge on any atom is 0.338 e. The van der Waals surface area contributed by atoms with Crippen molar-refractivity contribution in [1.82, 2.24) is 4.98 Å². The number of hydrogen-bond donors (Lipinski definition) is 0. The van der Waals surface area contributed by atoms with Crippen molar-refractivity contribution in [3.05, 3.63) is 36.2 Å². The van der Waals surface area contributed by atoms with Crippen molar-refractivity contribution in [3.8, 4) is 0 Å². The average molecular weight is 247 g/mol. The van der Waals surface area contributed by atoms with Crippen molar-refractivity contribution in [2.24, 2.45) is 5.41 Å². The predicted octanol–water partition coefficient (Wildman–Crippen LogP) is 2.60. The van der Waals surface area contributed by atoms with E-state index in [-0.39, 0.29) is 0 Å². The van der Waals surface area contributed by atoms with Gasteiger partial charge in [0.1, 0.15) is 0 Å². The van der Waals surface area contributed by atoms with Crippen molar-refractivity contribution in [3.63, 3.8) is 0 Å². The number of pyridine rings is 1. The van der Waals surface area contributed by atoms with E-state index in [9.17, 15) is 9.59 Å². The van der Waals surface area contributed by atoms with Gasteiger partial charge in [0.15, 0.2) is 0 Å². The van der Waals surface area contributed by atoms with Gasteiger partial charge in [0.2, 0.25) is 0 Å². The van der Waals surface area contributed by atoms with Crippen LogP contribution in [0.15, 0.2) is 30.6 Å². The van der Waals surface area contributed by atoms with E-state index in [4.69, 9.17) is 4.74 Å². The molecule has 0 aliphatic rings. The van der Waals surface area contributed by atoms with Crippen LogP contribution in [0, 0.1) is 5.41 Å². The Balaban J connectivity index is 2.58. The molecule has 96 valence electrons. The van der Waals surface area contributed by atoms with Gasteiger partial charge in [-0.3, -0.25) is 9.78 Å². The third-order valence-corrected chi connectivity index (χ3v) is 2.75. The molecule has 0 N–H and O–H groups in total. The molecule has 0 unspecified atom stereocenters. The summed E-state index contributed by atoms with van der Waals surface area (Å²) in [6.45, 7) is 5.36. The molecule has 0 bridgehead atoms. The molecule has 0 aromatic carbocycles. The minimum atomic E-state index is -0.654. The van der Waals surface area contributed by atoms with Gasteiger partial charge in [-0.1, -0.05) is 6.92 Å². The number of aromatic nitrogens is 1. The van der Waals surface area contributed by atoms with Gasteiger partial charge in [-0.2, -0.15) is 0 Å². The summed E-state index contributed by atoms with van der Waals surface area (Å²) in [4.78, 5) is 26.9. The SMILES string of the molecule is CCC(C)(C)C(=O)OC(=O)/C=C/c1ccncc1. The van der Waals surface area contributed by atoms with E-state index in [1.54, 1.807) is 44.4 Å². The first-order valence-corrected chi connectivity index (χ1v) is 5.80. The lowest BCUT2D eigenvalue weighted by atomic mass is 9.91. The zero-order chi connectivity index (χ0) is 13.6. The van der Waals surface area contributed by atoms with E-state index < -0.39 is 17.4 Å². The molecule has 1 aromatic rings. The Morgan fingerprint density at radius 2 is 1.94 bits per heavy atom. The highest BCUT2D eigenvalue weighted by atomic mass is 16.6. The summed E-state index contributed by atoms with van der Waals surface area (Å²) < 4.78 is 4.75. The molecular formula is C14H17NO3. The van der Waals surface area contributed by atoms with Gasteiger partial charge < -0.3 is 4.74 Å². The van der Waals surface area contributed by atoms with Crippen LogP contribution >= 0.6 is 0 Å². The molecule has 4 nitrogen and oxygen atoms in total. The highest BCUT2D eigenvalue weighted by Gasteiger charge is 2.28. The van der Waals surface area contributed by atoms with Crippen molar-refractivity contribution in [2.45, 2.75) is 27.2 Å². The van der Waals surface area contributed by atoms with Crippen LogP contribution in [0.25, 0.3) is 6.08 Å². The number of carbonyl (C=O) groups is 2. The van der Waals surface area contributed by atoms with Crippen LogP contribution in [-0.2, 0) is 14.3 Å². The molecule has 0 saturated carbocycles. The summed E-state index contributed by atoms with van der Waals surface area (Å²) in [7, 11) is 0. The Bertz CT molecular complexity index is 449. The molecule has 0 saturated heterocycles. The second-order valence-electron chi connectivity index (χ2n) is 4.56. The average Bonchev–Trinajstić information content (AvgIpc) is 2.37. The molecule has 1 heterocycles. The molecule has 1 aromatic heterocycles. The first kappa shape index (κ1) is 14.1. The van der Waals surface area contributed by atoms with Crippen molar-refractivity contribution >= 4 is 18.0 Å². The third kappa shape index (κ3) is 4.13. The molecule has 0 aliphatic heterocycles. The monoisotopic (exact) mass is 247 g/mol. The molecule has 0 amide bonds. The van der Waals surface area contributed by atoms with Gasteiger partial charge in [-0.15, -0.1) is 0 Å². The molecule has 18 heavy (non-hydrogen) atoms. The van der Waals surface area contributed by atoms with Crippen LogP contribution < -0.4 is 0 Å². The van der Waals surface area contributed by atoms with E-state index in [0.29, 0.717) is 6.42 Å². The fourth-order valence-corrected chi connectivity index (χ4v) is 1.05. The summed E-state index contributed by atoms with van der Waals surface area (Å²) in [6.07, 6.45) is 6.68. The Kier molecular flexibility index (Phi) is 4.77. The molecule has 4 heteroatoms. The summed E-state index contributed by atoms with van der Waals surface area (Å²) in [5.74, 6) is -1.16. The fraction of sp³-hybridized carbons (Fsp3) is 0.357. The van der Waals surface area contributed by atoms with E-state index >= 15 is 0 Å². The first-order valence-electron chi connectivity index (χ1n) is 5.80. The summed E-state index contributed by atoms with van der Waals surface area (Å²) >= 11 is 0. The maximum absolute atomic E-state index is 11.6. The van der Waals surface area contributed by atoms with Gasteiger partial charge in [0, 0.05) is 18.5 Å². The topological polar surface area (TPSA) is 56.3 Å². The van der Waals surface area contributed by atoms with Crippen molar-refractivity contribution in [2.75, 3.05) is 0 Å². The van der Waals surface area contributed by atoms with Gasteiger partial charge in [0.05, 0.1) is 5.41 Å². The molecular weight excluding hydrogens is 230 g/mol. The molecule has 0 spiro atoms. The normalized spacial score (nSPS) is 11.5. The summed E-state index contributed by atoms with van der Waals surface area (Å²) in [6, 6.07) is 3.50. The second kappa shape index (κ2) is 6.10. The van der Waals surface area contributed by atoms with Crippen LogP contribution in [0.3, 0.4) is 0 Å². The Labute approximate surface area is 107 Å². The van der Waals surface area contributed by atoms with Crippen molar-refractivity contribution < 1.29 is 14.3 Å². The number of esters is 2. The minimum Gasteiger partial charge on any atom is -0.389 e. The van der Waals surface area contributed by atoms with E-state index in [0.717, 1.165) is 5.56 Å². The van der Waals surface area contributed by atoms with Crippen molar-refractivity contribution in [1.29, 1.82) is 0 Å². The number of carbonyl (C=O) groups excluding carboxylic acids is 2. The largest absolute Gasteiger partial charge is 0.389 e. The standard InChI is InChI=1S/C14H17NO3/c1-4-14(2,3)13(17)18-12(16)6-5-11-7-9-15-10-8-11/h5-10H,4H2,1-3H3/b6-5+. The number of ether oxygens (including phenoxy) is 1. The van der Waals surface area contributed by atoms with E-state index in [1.165, 1.54) is 6.08 Å². The van der Waals surface area contributed by atoms with Crippen LogP contribution in [0.5, 0.6) is 0 Å². The lowest BCUT2D eigenvalue weighted by Crippen LogP contribution is -2.27. The van der Waals surface area contributed by atoms with Crippen LogP contribution in [-0.4, -0.2) is 16.9 Å². The van der Waals surface area contributed by atoms with Gasteiger partial charge in [-0.25, -0.2) is 4.79 Å². The lowest BCUT2D eigenvalue weighted by molar-refractivity contribution is -0.163. The van der Waals surface area contributed by atoms with Gasteiger partial charge in [-0.05, 0) is 44.0 Å². The van der Waals surface area contributed by atoms with E-state index in [1.807, 2.05) is 6.92 Å². The fourth-order valence-electron chi connectivity index (χ4n) is 1.05. The highest BCUT2D eigenvalue weighted by molar-refractivity contribution is 5.96. The zero-order valence-electron chi connectivity index (χ0n) is 10.8. The van der Waals surface area contributed by atoms with Crippen LogP contribution in [0.1, 0.15) is 32.8 Å². The number of nitrogens with zero attached hydrogens (tertiary/aromatic N) is 1. The first-order chi connectivity index (χ1) is 8.45. The molecule has 0 aliphatic carbocycles. The third-order valence-electron chi connectivity index (χ3n) is 2.75. The zero-order valence-corrected chi connectivity index (χ0v) is 10.8. The maximum atomic E-state index is 11.6. The van der Waals surface area contributed by atoms with E-state index in [2.05, 4.69) is 4.98 Å². The number of hydrogen-bond acceptors (Lipinski definition) is 4. The predicted molar refractivity (Wildman–Crippen MR) is 68.4 cm³/mol. The van der Waals surface area contributed by atoms with Gasteiger partial charge >= 0.3 is 11.9 Å². The molecule has 1 rings (SSSR count). The minimum absolute atomic E-state index is 0.505. The quantitative estimate of drug-likeness (QED) is 0.466. The molecule has 0 radical (unpaired) electrons. The Morgan fingerprint density at radius 1 is 1.33 bits per heavy atom. The Hall–Kier alpha value is -1.97. The smallest absolute Gasteiger partial charge is 0.338 e.